The summed E-state index contributed by atoms with van der Waals surface area (Å²) in [5, 5.41) is 0. The van der Waals surface area contributed by atoms with Gasteiger partial charge in [-0.1, -0.05) is 36.4 Å². The molecule has 0 fully saturated rings. The number of rotatable bonds is 3. The van der Waals surface area contributed by atoms with E-state index < -0.39 is 5.72 Å². The molecular weight excluding hydrogens is 332 g/mol. The quantitative estimate of drug-likeness (QED) is 0.648. The first kappa shape index (κ1) is 19.4. The highest BCUT2D eigenvalue weighted by Gasteiger charge is 2.56. The summed E-state index contributed by atoms with van der Waals surface area (Å²) in [5.74, 6) is 0.783. The van der Waals surface area contributed by atoms with E-state index in [4.69, 9.17) is 9.73 Å². The Balaban J connectivity index is 2.22. The molecule has 3 nitrogen and oxygen atoms in total. The molecule has 142 valence electrons. The molecule has 0 N–H and O–H groups in total. The van der Waals surface area contributed by atoms with E-state index in [2.05, 4.69) is 51.8 Å². The third kappa shape index (κ3) is 2.90. The number of hydrogen-bond acceptors (Lipinski definition) is 3. The van der Waals surface area contributed by atoms with Crippen molar-refractivity contribution < 1.29 is 4.74 Å². The molecule has 0 radical (unpaired) electrons. The molecule has 1 aromatic rings. The van der Waals surface area contributed by atoms with Gasteiger partial charge in [0.05, 0.1) is 6.21 Å². The van der Waals surface area contributed by atoms with Crippen LogP contribution >= 0.6 is 0 Å². The average molecular weight is 363 g/mol. The first-order valence-corrected chi connectivity index (χ1v) is 9.55. The summed E-state index contributed by atoms with van der Waals surface area (Å²) >= 11 is 0. The van der Waals surface area contributed by atoms with Gasteiger partial charge in [-0.25, -0.2) is 0 Å². The van der Waals surface area contributed by atoms with Crippen LogP contribution in [0, 0.1) is 13.8 Å². The zero-order valence-corrected chi connectivity index (χ0v) is 17.5. The number of allylic oxidation sites excluding steroid dienone is 6. The van der Waals surface area contributed by atoms with Gasteiger partial charge in [-0.3, -0.25) is 9.89 Å². The molecule has 0 unspecified atom stereocenters. The molecular formula is C24H30N2O. The summed E-state index contributed by atoms with van der Waals surface area (Å²) in [6.45, 7) is 12.8. The van der Waals surface area contributed by atoms with E-state index in [0.29, 0.717) is 0 Å². The molecule has 0 saturated heterocycles. The van der Waals surface area contributed by atoms with Crippen LogP contribution in [0.4, 0.5) is 0 Å². The van der Waals surface area contributed by atoms with E-state index in [0.717, 1.165) is 11.5 Å². The van der Waals surface area contributed by atoms with Crippen molar-refractivity contribution in [3.05, 3.63) is 82.3 Å². The van der Waals surface area contributed by atoms with Crippen LogP contribution in [0.2, 0.25) is 0 Å². The Morgan fingerprint density at radius 3 is 2.26 bits per heavy atom. The van der Waals surface area contributed by atoms with E-state index in [1.807, 2.05) is 56.5 Å². The van der Waals surface area contributed by atoms with Gasteiger partial charge >= 0.3 is 0 Å². The van der Waals surface area contributed by atoms with Gasteiger partial charge in [-0.2, -0.15) is 0 Å². The lowest BCUT2D eigenvalue weighted by Crippen LogP contribution is -2.49. The highest BCUT2D eigenvalue weighted by atomic mass is 16.5. The lowest BCUT2D eigenvalue weighted by atomic mass is 9.86. The minimum atomic E-state index is -0.699. The second-order valence-electron chi connectivity index (χ2n) is 7.76. The number of aliphatic imine (C=N–C) groups is 1. The Morgan fingerprint density at radius 1 is 0.963 bits per heavy atom. The Labute approximate surface area is 163 Å². The van der Waals surface area contributed by atoms with E-state index in [1.165, 1.54) is 22.3 Å². The first-order chi connectivity index (χ1) is 12.8. The van der Waals surface area contributed by atoms with Crippen LogP contribution in [0.3, 0.4) is 0 Å². The summed E-state index contributed by atoms with van der Waals surface area (Å²) < 4.78 is 6.74. The summed E-state index contributed by atoms with van der Waals surface area (Å²) in [7, 11) is 2.12. The fraction of sp³-hybridized carbons (Fsp3) is 0.375. The van der Waals surface area contributed by atoms with Crippen molar-refractivity contribution in [1.29, 1.82) is 0 Å². The van der Waals surface area contributed by atoms with Crippen LogP contribution < -0.4 is 0 Å². The number of benzene rings is 1. The SMILES string of the molecule is C/C=C/C=C\C1=C(/C=C/C)N=C[C@]2(O1)c1c(C)ccc(C)c1C(C)(C)N2C. The molecule has 27 heavy (non-hydrogen) atoms. The maximum Gasteiger partial charge on any atom is 0.227 e. The van der Waals surface area contributed by atoms with Gasteiger partial charge in [0.2, 0.25) is 5.72 Å². The number of fused-ring (bicyclic) bond motifs is 2. The second kappa shape index (κ2) is 6.97. The van der Waals surface area contributed by atoms with Crippen molar-refractivity contribution in [3.8, 4) is 0 Å². The molecule has 2 aliphatic rings. The topological polar surface area (TPSA) is 24.8 Å². The average Bonchev–Trinajstić information content (AvgIpc) is 2.80. The predicted octanol–water partition coefficient (Wildman–Crippen LogP) is 5.66. The van der Waals surface area contributed by atoms with E-state index in [9.17, 15) is 0 Å². The predicted molar refractivity (Wildman–Crippen MR) is 114 cm³/mol. The van der Waals surface area contributed by atoms with Crippen molar-refractivity contribution in [2.45, 2.75) is 52.8 Å². The van der Waals surface area contributed by atoms with Crippen molar-refractivity contribution in [1.82, 2.24) is 4.90 Å². The van der Waals surface area contributed by atoms with Gasteiger partial charge in [-0.05, 0) is 77.4 Å². The highest BCUT2D eigenvalue weighted by Crippen LogP contribution is 2.52. The zero-order valence-electron chi connectivity index (χ0n) is 17.5. The van der Waals surface area contributed by atoms with Gasteiger partial charge in [0.15, 0.2) is 0 Å². The fourth-order valence-electron chi connectivity index (χ4n) is 4.21. The van der Waals surface area contributed by atoms with Crippen molar-refractivity contribution >= 4 is 6.21 Å². The molecule has 3 heteroatoms. The van der Waals surface area contributed by atoms with E-state index in [-0.39, 0.29) is 5.54 Å². The molecule has 0 bridgehead atoms. The van der Waals surface area contributed by atoms with Crippen LogP contribution in [-0.2, 0) is 16.0 Å². The largest absolute Gasteiger partial charge is 0.461 e. The minimum Gasteiger partial charge on any atom is -0.461 e. The lowest BCUT2D eigenvalue weighted by molar-refractivity contribution is -0.0874. The normalized spacial score (nSPS) is 24.7. The standard InChI is InChI=1S/C24H30N2O/c1-8-10-11-13-20-19(12-9-2)25-16-24(27-20)22-18(4)15-14-17(3)21(22)23(5,6)26(24)7/h8-16H,1-7H3/b10-8+,12-9+,13-11-/t24-/m0/s1. The van der Waals surface area contributed by atoms with Gasteiger partial charge in [0.25, 0.3) is 0 Å². The van der Waals surface area contributed by atoms with Crippen molar-refractivity contribution in [3.63, 3.8) is 0 Å². The summed E-state index contributed by atoms with van der Waals surface area (Å²) in [6, 6.07) is 4.39. The molecule has 1 atom stereocenters. The number of ether oxygens (including phenoxy) is 1. The molecule has 0 aromatic heterocycles. The van der Waals surface area contributed by atoms with Crippen LogP contribution in [0.1, 0.15) is 49.9 Å². The van der Waals surface area contributed by atoms with Crippen LogP contribution in [0.25, 0.3) is 0 Å². The Morgan fingerprint density at radius 2 is 1.63 bits per heavy atom. The molecule has 2 aliphatic heterocycles. The molecule has 1 aromatic carbocycles. The Kier molecular flexibility index (Phi) is 5.00. The highest BCUT2D eigenvalue weighted by molar-refractivity contribution is 5.78. The minimum absolute atomic E-state index is 0.159. The molecule has 1 spiro atoms. The molecule has 0 saturated carbocycles. The Bertz CT molecular complexity index is 899. The molecule has 2 heterocycles. The van der Waals surface area contributed by atoms with Crippen LogP contribution in [0.15, 0.2) is 65.0 Å². The molecule has 0 aliphatic carbocycles. The Hall–Kier alpha value is -2.39. The van der Waals surface area contributed by atoms with Gasteiger partial charge in [0.1, 0.15) is 11.5 Å². The third-order valence-electron chi connectivity index (χ3n) is 5.70. The summed E-state index contributed by atoms with van der Waals surface area (Å²) in [4.78, 5) is 7.12. The smallest absolute Gasteiger partial charge is 0.227 e. The van der Waals surface area contributed by atoms with Crippen LogP contribution in [0.5, 0.6) is 0 Å². The monoisotopic (exact) mass is 362 g/mol. The number of nitrogens with zero attached hydrogens (tertiary/aromatic N) is 2. The van der Waals surface area contributed by atoms with Gasteiger partial charge in [0, 0.05) is 11.1 Å². The van der Waals surface area contributed by atoms with Crippen molar-refractivity contribution in [2.24, 2.45) is 4.99 Å². The first-order valence-electron chi connectivity index (χ1n) is 9.55. The lowest BCUT2D eigenvalue weighted by Gasteiger charge is -2.41. The number of hydrogen-bond donors (Lipinski definition) is 0. The van der Waals surface area contributed by atoms with Crippen molar-refractivity contribution in [2.75, 3.05) is 7.05 Å². The summed E-state index contributed by atoms with van der Waals surface area (Å²) in [6.07, 6.45) is 13.9. The zero-order chi connectivity index (χ0) is 19.8. The number of aryl methyl sites for hydroxylation is 2. The van der Waals surface area contributed by atoms with Gasteiger partial charge < -0.3 is 4.74 Å². The third-order valence-corrected chi connectivity index (χ3v) is 5.70. The molecule has 3 rings (SSSR count). The maximum absolute atomic E-state index is 6.74. The second-order valence-corrected chi connectivity index (χ2v) is 7.76. The van der Waals surface area contributed by atoms with E-state index in [1.54, 1.807) is 0 Å². The van der Waals surface area contributed by atoms with Gasteiger partial charge in [-0.15, -0.1) is 0 Å². The molecule has 0 amide bonds. The maximum atomic E-state index is 6.74. The summed E-state index contributed by atoms with van der Waals surface area (Å²) in [5.41, 5.74) is 5.05. The fourth-order valence-corrected chi connectivity index (χ4v) is 4.21. The van der Waals surface area contributed by atoms with Crippen LogP contribution in [-0.4, -0.2) is 18.2 Å². The van der Waals surface area contributed by atoms with E-state index >= 15 is 0 Å².